The van der Waals surface area contributed by atoms with Gasteiger partial charge in [-0.15, -0.1) is 0 Å². The van der Waals surface area contributed by atoms with Crippen molar-refractivity contribution in [2.24, 2.45) is 0 Å². The Kier molecular flexibility index (Phi) is 6.54. The van der Waals surface area contributed by atoms with Gasteiger partial charge in [0.2, 0.25) is 5.91 Å². The van der Waals surface area contributed by atoms with Crippen LogP contribution < -0.4 is 5.32 Å². The molecular formula is C24H26FN3O2. The second-order valence-corrected chi connectivity index (χ2v) is 7.64. The number of carbonyl (C=O) groups is 1. The second kappa shape index (κ2) is 9.67. The van der Waals surface area contributed by atoms with Gasteiger partial charge >= 0.3 is 0 Å². The Morgan fingerprint density at radius 2 is 1.83 bits per heavy atom. The SMILES string of the molecule is O=C(CCc1ncc(-c2ccccc2F)o1)Nc1ccc(CCN2CCCC2)cc1. The van der Waals surface area contributed by atoms with Gasteiger partial charge in [-0.1, -0.05) is 24.3 Å². The number of amides is 1. The maximum absolute atomic E-state index is 13.8. The van der Waals surface area contributed by atoms with Crippen molar-refractivity contribution < 1.29 is 13.6 Å². The van der Waals surface area contributed by atoms with Crippen LogP contribution in [0.5, 0.6) is 0 Å². The quantitative estimate of drug-likeness (QED) is 0.589. The maximum Gasteiger partial charge on any atom is 0.224 e. The molecule has 0 saturated carbocycles. The Balaban J connectivity index is 1.24. The van der Waals surface area contributed by atoms with Crippen LogP contribution in [-0.4, -0.2) is 35.4 Å². The van der Waals surface area contributed by atoms with Gasteiger partial charge in [0.15, 0.2) is 11.7 Å². The van der Waals surface area contributed by atoms with Crippen molar-refractivity contribution in [1.82, 2.24) is 9.88 Å². The van der Waals surface area contributed by atoms with E-state index in [2.05, 4.69) is 27.3 Å². The lowest BCUT2D eigenvalue weighted by Gasteiger charge is -2.14. The summed E-state index contributed by atoms with van der Waals surface area (Å²) in [5.74, 6) is 0.320. The average molecular weight is 407 g/mol. The zero-order valence-electron chi connectivity index (χ0n) is 16.9. The van der Waals surface area contributed by atoms with Crippen molar-refractivity contribution in [3.8, 4) is 11.3 Å². The lowest BCUT2D eigenvalue weighted by atomic mass is 10.1. The van der Waals surface area contributed by atoms with Crippen molar-refractivity contribution in [2.75, 3.05) is 25.0 Å². The zero-order chi connectivity index (χ0) is 20.8. The smallest absolute Gasteiger partial charge is 0.224 e. The molecule has 6 heteroatoms. The molecule has 0 bridgehead atoms. The molecule has 1 saturated heterocycles. The molecule has 2 aromatic carbocycles. The van der Waals surface area contributed by atoms with Crippen LogP contribution in [0.2, 0.25) is 0 Å². The standard InChI is InChI=1S/C24H26FN3O2/c25-21-6-2-1-5-20(21)22-17-26-24(30-22)12-11-23(29)27-19-9-7-18(8-10-19)13-16-28-14-3-4-15-28/h1-2,5-10,17H,3-4,11-16H2,(H,27,29). The number of aryl methyl sites for hydroxylation is 1. The molecule has 0 radical (unpaired) electrons. The van der Waals surface area contributed by atoms with E-state index in [4.69, 9.17) is 4.42 Å². The zero-order valence-corrected chi connectivity index (χ0v) is 16.9. The molecular weight excluding hydrogens is 381 g/mol. The summed E-state index contributed by atoms with van der Waals surface area (Å²) in [6.45, 7) is 3.51. The van der Waals surface area contributed by atoms with Gasteiger partial charge in [0.25, 0.3) is 0 Å². The van der Waals surface area contributed by atoms with Gasteiger partial charge < -0.3 is 14.6 Å². The average Bonchev–Trinajstić information content (AvgIpc) is 3.44. The molecule has 0 spiro atoms. The molecule has 1 amide bonds. The van der Waals surface area contributed by atoms with Gasteiger partial charge in [-0.25, -0.2) is 9.37 Å². The number of oxazole rings is 1. The van der Waals surface area contributed by atoms with E-state index in [1.807, 2.05) is 12.1 Å². The molecule has 1 aliphatic rings. The third kappa shape index (κ3) is 5.33. The van der Waals surface area contributed by atoms with E-state index >= 15 is 0 Å². The van der Waals surface area contributed by atoms with E-state index < -0.39 is 0 Å². The Labute approximate surface area is 175 Å². The van der Waals surface area contributed by atoms with Gasteiger partial charge in [0.1, 0.15) is 5.82 Å². The highest BCUT2D eigenvalue weighted by Gasteiger charge is 2.13. The first-order chi connectivity index (χ1) is 14.7. The van der Waals surface area contributed by atoms with Crippen LogP contribution in [0.3, 0.4) is 0 Å². The molecule has 0 atom stereocenters. The van der Waals surface area contributed by atoms with Crippen molar-refractivity contribution in [3.63, 3.8) is 0 Å². The number of halogens is 1. The summed E-state index contributed by atoms with van der Waals surface area (Å²) in [5.41, 5.74) is 2.43. The predicted molar refractivity (Wildman–Crippen MR) is 115 cm³/mol. The van der Waals surface area contributed by atoms with E-state index in [9.17, 15) is 9.18 Å². The summed E-state index contributed by atoms with van der Waals surface area (Å²) in [6, 6.07) is 14.4. The molecule has 30 heavy (non-hydrogen) atoms. The Bertz CT molecular complexity index is 978. The number of likely N-dealkylation sites (tertiary alicyclic amines) is 1. The Morgan fingerprint density at radius 3 is 2.60 bits per heavy atom. The fourth-order valence-electron chi connectivity index (χ4n) is 3.70. The molecule has 0 aliphatic carbocycles. The molecule has 1 N–H and O–H groups in total. The van der Waals surface area contributed by atoms with Crippen molar-refractivity contribution in [3.05, 3.63) is 72.0 Å². The molecule has 0 unspecified atom stereocenters. The van der Waals surface area contributed by atoms with Crippen molar-refractivity contribution in [1.29, 1.82) is 0 Å². The van der Waals surface area contributed by atoms with Crippen molar-refractivity contribution in [2.45, 2.75) is 32.1 Å². The lowest BCUT2D eigenvalue weighted by Crippen LogP contribution is -2.21. The van der Waals surface area contributed by atoms with Gasteiger partial charge in [0.05, 0.1) is 11.8 Å². The predicted octanol–water partition coefficient (Wildman–Crippen LogP) is 4.69. The van der Waals surface area contributed by atoms with Gasteiger partial charge in [-0.05, 0) is 62.2 Å². The van der Waals surface area contributed by atoms with Crippen LogP contribution in [0, 0.1) is 5.82 Å². The Hall–Kier alpha value is -2.99. The van der Waals surface area contributed by atoms with E-state index in [1.54, 1.807) is 18.2 Å². The van der Waals surface area contributed by atoms with Crippen molar-refractivity contribution >= 4 is 11.6 Å². The normalized spacial score (nSPS) is 14.2. The van der Waals surface area contributed by atoms with Gasteiger partial charge in [-0.3, -0.25) is 4.79 Å². The molecule has 1 aromatic heterocycles. The van der Waals surface area contributed by atoms with Crippen LogP contribution in [0.4, 0.5) is 10.1 Å². The minimum atomic E-state index is -0.359. The molecule has 1 fully saturated rings. The topological polar surface area (TPSA) is 58.4 Å². The fraction of sp³-hybridized carbons (Fsp3) is 0.333. The molecule has 2 heterocycles. The first kappa shape index (κ1) is 20.3. The first-order valence-corrected chi connectivity index (χ1v) is 10.5. The van der Waals surface area contributed by atoms with Crippen LogP contribution in [0.15, 0.2) is 59.1 Å². The lowest BCUT2D eigenvalue weighted by molar-refractivity contribution is -0.116. The molecule has 5 nitrogen and oxygen atoms in total. The summed E-state index contributed by atoms with van der Waals surface area (Å²) in [5, 5.41) is 2.91. The number of nitrogens with one attached hydrogen (secondary N) is 1. The van der Waals surface area contributed by atoms with Gasteiger partial charge in [0, 0.05) is 25.1 Å². The maximum atomic E-state index is 13.8. The molecule has 156 valence electrons. The third-order valence-electron chi connectivity index (χ3n) is 5.41. The molecule has 1 aliphatic heterocycles. The fourth-order valence-corrected chi connectivity index (χ4v) is 3.70. The Morgan fingerprint density at radius 1 is 1.07 bits per heavy atom. The number of hydrogen-bond acceptors (Lipinski definition) is 4. The van der Waals surface area contributed by atoms with Crippen LogP contribution in [0.25, 0.3) is 11.3 Å². The van der Waals surface area contributed by atoms with Crippen LogP contribution >= 0.6 is 0 Å². The number of nitrogens with zero attached hydrogens (tertiary/aromatic N) is 2. The molecule has 3 aromatic rings. The largest absolute Gasteiger partial charge is 0.441 e. The van der Waals surface area contributed by atoms with E-state index in [0.717, 1.165) is 18.7 Å². The first-order valence-electron chi connectivity index (χ1n) is 10.5. The monoisotopic (exact) mass is 407 g/mol. The van der Waals surface area contributed by atoms with Crippen LogP contribution in [-0.2, 0) is 17.6 Å². The minimum Gasteiger partial charge on any atom is -0.441 e. The summed E-state index contributed by atoms with van der Waals surface area (Å²) >= 11 is 0. The second-order valence-electron chi connectivity index (χ2n) is 7.64. The summed E-state index contributed by atoms with van der Waals surface area (Å²) < 4.78 is 19.4. The van der Waals surface area contributed by atoms with Gasteiger partial charge in [-0.2, -0.15) is 0 Å². The number of rotatable bonds is 8. The number of hydrogen-bond donors (Lipinski definition) is 1. The van der Waals surface area contributed by atoms with E-state index in [1.165, 1.54) is 43.8 Å². The third-order valence-corrected chi connectivity index (χ3v) is 5.41. The summed E-state index contributed by atoms with van der Waals surface area (Å²) in [7, 11) is 0. The highest BCUT2D eigenvalue weighted by molar-refractivity contribution is 5.90. The van der Waals surface area contributed by atoms with Crippen LogP contribution in [0.1, 0.15) is 30.7 Å². The summed E-state index contributed by atoms with van der Waals surface area (Å²) in [4.78, 5) is 18.9. The van der Waals surface area contributed by atoms with E-state index in [-0.39, 0.29) is 18.1 Å². The molecule has 4 rings (SSSR count). The summed E-state index contributed by atoms with van der Waals surface area (Å²) in [6.07, 6.45) is 5.74. The highest BCUT2D eigenvalue weighted by Crippen LogP contribution is 2.23. The minimum absolute atomic E-state index is 0.106. The number of benzene rings is 2. The highest BCUT2D eigenvalue weighted by atomic mass is 19.1. The van der Waals surface area contributed by atoms with E-state index in [0.29, 0.717) is 23.6 Å². The number of anilines is 1. The number of aromatic nitrogens is 1. The number of carbonyl (C=O) groups excluding carboxylic acids is 1.